The SMILES string of the molecule is CCCOc1ccc(C(=O)NNC(=O)COc2ccccc2[C@H](C)CC)cc1. The summed E-state index contributed by atoms with van der Waals surface area (Å²) in [5.74, 6) is 0.880. The van der Waals surface area contributed by atoms with Crippen LogP contribution in [0.5, 0.6) is 11.5 Å². The summed E-state index contributed by atoms with van der Waals surface area (Å²) in [6, 6.07) is 14.4. The van der Waals surface area contributed by atoms with Gasteiger partial charge < -0.3 is 9.47 Å². The lowest BCUT2D eigenvalue weighted by Crippen LogP contribution is -2.43. The zero-order valence-corrected chi connectivity index (χ0v) is 16.7. The fraction of sp³-hybridized carbons (Fsp3) is 0.364. The van der Waals surface area contributed by atoms with Gasteiger partial charge in [0.05, 0.1) is 6.61 Å². The Bertz CT molecular complexity index is 774. The van der Waals surface area contributed by atoms with Crippen LogP contribution in [0.4, 0.5) is 0 Å². The minimum absolute atomic E-state index is 0.183. The number of hydrogen-bond donors (Lipinski definition) is 2. The summed E-state index contributed by atoms with van der Waals surface area (Å²) in [6.45, 7) is 6.68. The predicted molar refractivity (Wildman–Crippen MR) is 108 cm³/mol. The van der Waals surface area contributed by atoms with Gasteiger partial charge in [-0.3, -0.25) is 20.4 Å². The summed E-state index contributed by atoms with van der Waals surface area (Å²) in [5, 5.41) is 0. The highest BCUT2D eigenvalue weighted by molar-refractivity contribution is 5.95. The molecule has 0 aliphatic carbocycles. The molecule has 0 spiro atoms. The largest absolute Gasteiger partial charge is 0.494 e. The Labute approximate surface area is 166 Å². The molecule has 0 radical (unpaired) electrons. The van der Waals surface area contributed by atoms with Gasteiger partial charge in [-0.1, -0.05) is 39.0 Å². The van der Waals surface area contributed by atoms with Crippen molar-refractivity contribution >= 4 is 11.8 Å². The number of hydrazine groups is 1. The molecule has 2 aromatic rings. The summed E-state index contributed by atoms with van der Waals surface area (Å²) < 4.78 is 11.1. The quantitative estimate of drug-likeness (QED) is 0.644. The van der Waals surface area contributed by atoms with Crippen LogP contribution in [0, 0.1) is 0 Å². The van der Waals surface area contributed by atoms with Gasteiger partial charge in [0.1, 0.15) is 11.5 Å². The number of carbonyl (C=O) groups excluding carboxylic acids is 2. The van der Waals surface area contributed by atoms with E-state index in [4.69, 9.17) is 9.47 Å². The Kier molecular flexibility index (Phi) is 8.34. The van der Waals surface area contributed by atoms with E-state index in [-0.39, 0.29) is 6.61 Å². The van der Waals surface area contributed by atoms with Crippen LogP contribution >= 0.6 is 0 Å². The van der Waals surface area contributed by atoms with Crippen LogP contribution in [0.3, 0.4) is 0 Å². The molecule has 0 heterocycles. The van der Waals surface area contributed by atoms with Crippen LogP contribution in [-0.4, -0.2) is 25.0 Å². The number of nitrogens with one attached hydrogen (secondary N) is 2. The van der Waals surface area contributed by atoms with E-state index in [9.17, 15) is 9.59 Å². The van der Waals surface area contributed by atoms with Gasteiger partial charge in [0.2, 0.25) is 0 Å². The molecule has 1 atom stereocenters. The number of rotatable bonds is 9. The van der Waals surface area contributed by atoms with E-state index in [0.717, 1.165) is 18.4 Å². The average molecular weight is 384 g/mol. The minimum atomic E-state index is -0.435. The van der Waals surface area contributed by atoms with Crippen LogP contribution in [-0.2, 0) is 4.79 Å². The molecule has 0 saturated carbocycles. The van der Waals surface area contributed by atoms with Gasteiger partial charge in [0.25, 0.3) is 11.8 Å². The van der Waals surface area contributed by atoms with Crippen LogP contribution in [0.25, 0.3) is 0 Å². The van der Waals surface area contributed by atoms with Crippen molar-refractivity contribution < 1.29 is 19.1 Å². The summed E-state index contributed by atoms with van der Waals surface area (Å²) in [4.78, 5) is 24.1. The summed E-state index contributed by atoms with van der Waals surface area (Å²) in [5.41, 5.74) is 6.24. The average Bonchev–Trinajstić information content (AvgIpc) is 2.74. The van der Waals surface area contributed by atoms with E-state index < -0.39 is 11.8 Å². The van der Waals surface area contributed by atoms with Gasteiger partial charge in [-0.25, -0.2) is 0 Å². The molecule has 2 rings (SSSR count). The number of para-hydroxylation sites is 1. The van der Waals surface area contributed by atoms with E-state index in [1.54, 1.807) is 24.3 Å². The van der Waals surface area contributed by atoms with Crippen molar-refractivity contribution in [1.82, 2.24) is 10.9 Å². The van der Waals surface area contributed by atoms with E-state index >= 15 is 0 Å². The first-order valence-electron chi connectivity index (χ1n) is 9.58. The lowest BCUT2D eigenvalue weighted by molar-refractivity contribution is -0.123. The van der Waals surface area contributed by atoms with Crippen molar-refractivity contribution in [3.63, 3.8) is 0 Å². The number of carbonyl (C=O) groups is 2. The molecular weight excluding hydrogens is 356 g/mol. The van der Waals surface area contributed by atoms with Gasteiger partial charge in [-0.2, -0.15) is 0 Å². The predicted octanol–water partition coefficient (Wildman–Crippen LogP) is 3.83. The zero-order valence-electron chi connectivity index (χ0n) is 16.7. The highest BCUT2D eigenvalue weighted by Gasteiger charge is 2.12. The van der Waals surface area contributed by atoms with Crippen molar-refractivity contribution in [1.29, 1.82) is 0 Å². The highest BCUT2D eigenvalue weighted by atomic mass is 16.5. The Morgan fingerprint density at radius 2 is 1.68 bits per heavy atom. The van der Waals surface area contributed by atoms with E-state index in [2.05, 4.69) is 24.7 Å². The fourth-order valence-electron chi connectivity index (χ4n) is 2.54. The zero-order chi connectivity index (χ0) is 20.4. The molecule has 0 aliphatic rings. The van der Waals surface area contributed by atoms with Gasteiger partial charge in [0, 0.05) is 5.56 Å². The maximum atomic E-state index is 12.1. The Morgan fingerprint density at radius 1 is 0.964 bits per heavy atom. The third-order valence-electron chi connectivity index (χ3n) is 4.33. The smallest absolute Gasteiger partial charge is 0.276 e. The maximum Gasteiger partial charge on any atom is 0.276 e. The number of ether oxygens (including phenoxy) is 2. The molecule has 0 bridgehead atoms. The fourth-order valence-corrected chi connectivity index (χ4v) is 2.54. The van der Waals surface area contributed by atoms with Gasteiger partial charge in [0.15, 0.2) is 6.61 Å². The Balaban J connectivity index is 1.82. The summed E-state index contributed by atoms with van der Waals surface area (Å²) in [7, 11) is 0. The monoisotopic (exact) mass is 384 g/mol. The van der Waals surface area contributed by atoms with Crippen LogP contribution < -0.4 is 20.3 Å². The third-order valence-corrected chi connectivity index (χ3v) is 4.33. The molecule has 2 amide bonds. The standard InChI is InChI=1S/C22H28N2O4/c1-4-14-27-18-12-10-17(11-13-18)22(26)24-23-21(25)15-28-20-9-7-6-8-19(20)16(3)5-2/h6-13,16H,4-5,14-15H2,1-3H3,(H,23,25)(H,24,26)/t16-/m1/s1. The maximum absolute atomic E-state index is 12.1. The molecule has 150 valence electrons. The molecule has 6 heteroatoms. The number of hydrogen-bond acceptors (Lipinski definition) is 4. The Hall–Kier alpha value is -3.02. The van der Waals surface area contributed by atoms with Gasteiger partial charge in [-0.05, 0) is 54.7 Å². The highest BCUT2D eigenvalue weighted by Crippen LogP contribution is 2.28. The third kappa shape index (κ3) is 6.30. The first-order chi connectivity index (χ1) is 13.5. The molecular formula is C22H28N2O4. The summed E-state index contributed by atoms with van der Waals surface area (Å²) in [6.07, 6.45) is 1.89. The van der Waals surface area contributed by atoms with E-state index in [0.29, 0.717) is 29.6 Å². The van der Waals surface area contributed by atoms with Gasteiger partial charge in [-0.15, -0.1) is 0 Å². The van der Waals surface area contributed by atoms with E-state index in [1.807, 2.05) is 31.2 Å². The second kappa shape index (κ2) is 11.0. The van der Waals surface area contributed by atoms with Gasteiger partial charge >= 0.3 is 0 Å². The van der Waals surface area contributed by atoms with Crippen molar-refractivity contribution in [2.45, 2.75) is 39.5 Å². The second-order valence-corrected chi connectivity index (χ2v) is 6.51. The van der Waals surface area contributed by atoms with E-state index in [1.165, 1.54) is 0 Å². The summed E-state index contributed by atoms with van der Waals surface area (Å²) >= 11 is 0. The minimum Gasteiger partial charge on any atom is -0.494 e. The molecule has 0 unspecified atom stereocenters. The lowest BCUT2D eigenvalue weighted by Gasteiger charge is -2.15. The topological polar surface area (TPSA) is 76.7 Å². The lowest BCUT2D eigenvalue weighted by atomic mass is 9.98. The molecule has 0 fully saturated rings. The molecule has 6 nitrogen and oxygen atoms in total. The van der Waals surface area contributed by atoms with Crippen LogP contribution in [0.15, 0.2) is 48.5 Å². The molecule has 0 saturated heterocycles. The Morgan fingerprint density at radius 3 is 2.36 bits per heavy atom. The molecule has 28 heavy (non-hydrogen) atoms. The molecule has 2 aromatic carbocycles. The molecule has 0 aliphatic heterocycles. The molecule has 0 aromatic heterocycles. The van der Waals surface area contributed by atoms with Crippen molar-refractivity contribution in [3.8, 4) is 11.5 Å². The number of benzene rings is 2. The first kappa shape index (κ1) is 21.3. The van der Waals surface area contributed by atoms with Crippen molar-refractivity contribution in [2.24, 2.45) is 0 Å². The second-order valence-electron chi connectivity index (χ2n) is 6.51. The normalized spacial score (nSPS) is 11.4. The van der Waals surface area contributed by atoms with Crippen LogP contribution in [0.1, 0.15) is 55.5 Å². The van der Waals surface area contributed by atoms with Crippen molar-refractivity contribution in [3.05, 3.63) is 59.7 Å². The van der Waals surface area contributed by atoms with Crippen molar-refractivity contribution in [2.75, 3.05) is 13.2 Å². The first-order valence-corrected chi connectivity index (χ1v) is 9.58. The number of amides is 2. The molecule has 2 N–H and O–H groups in total. The van der Waals surface area contributed by atoms with Crippen LogP contribution in [0.2, 0.25) is 0 Å².